The van der Waals surface area contributed by atoms with Crippen molar-refractivity contribution in [3.05, 3.63) is 47.0 Å². The third-order valence-corrected chi connectivity index (χ3v) is 3.92. The maximum absolute atomic E-state index is 12.3. The van der Waals surface area contributed by atoms with Crippen molar-refractivity contribution in [3.8, 4) is 17.2 Å². The Balaban J connectivity index is 1.73. The molecular formula is C18H18ClNO4. The number of amides is 1. The van der Waals surface area contributed by atoms with E-state index in [4.69, 9.17) is 25.8 Å². The zero-order chi connectivity index (χ0) is 16.9. The zero-order valence-electron chi connectivity index (χ0n) is 13.3. The van der Waals surface area contributed by atoms with Gasteiger partial charge in [-0.25, -0.2) is 0 Å². The Morgan fingerprint density at radius 1 is 1.21 bits per heavy atom. The van der Waals surface area contributed by atoms with Gasteiger partial charge in [0.1, 0.15) is 5.75 Å². The van der Waals surface area contributed by atoms with Gasteiger partial charge in [-0.1, -0.05) is 23.7 Å². The van der Waals surface area contributed by atoms with Crippen LogP contribution in [-0.4, -0.2) is 26.2 Å². The number of halogens is 1. The minimum Gasteiger partial charge on any atom is -0.497 e. The first-order valence-corrected chi connectivity index (χ1v) is 8.05. The average Bonchev–Trinajstić information content (AvgIpc) is 2.80. The summed E-state index contributed by atoms with van der Waals surface area (Å²) in [6.07, 6.45) is 1.03. The third kappa shape index (κ3) is 3.92. The summed E-state index contributed by atoms with van der Waals surface area (Å²) in [6.45, 7) is 1.16. The topological polar surface area (TPSA) is 56.8 Å². The molecule has 0 aliphatic carbocycles. The zero-order valence-corrected chi connectivity index (χ0v) is 14.1. The normalized spacial score (nSPS) is 13.1. The van der Waals surface area contributed by atoms with Crippen LogP contribution >= 0.6 is 11.6 Å². The van der Waals surface area contributed by atoms with Crippen molar-refractivity contribution in [2.45, 2.75) is 12.8 Å². The molecule has 0 bridgehead atoms. The van der Waals surface area contributed by atoms with Gasteiger partial charge in [-0.05, 0) is 17.7 Å². The van der Waals surface area contributed by atoms with E-state index in [1.807, 2.05) is 24.3 Å². The quantitative estimate of drug-likeness (QED) is 0.916. The van der Waals surface area contributed by atoms with Gasteiger partial charge in [0.2, 0.25) is 5.91 Å². The Morgan fingerprint density at radius 2 is 1.96 bits per heavy atom. The Hall–Kier alpha value is -2.40. The van der Waals surface area contributed by atoms with Gasteiger partial charge < -0.3 is 19.5 Å². The second kappa shape index (κ2) is 7.45. The molecule has 24 heavy (non-hydrogen) atoms. The number of rotatable bonds is 4. The van der Waals surface area contributed by atoms with E-state index in [0.29, 0.717) is 41.2 Å². The highest BCUT2D eigenvalue weighted by Gasteiger charge is 2.15. The third-order valence-electron chi connectivity index (χ3n) is 3.61. The van der Waals surface area contributed by atoms with E-state index in [0.717, 1.165) is 12.0 Å². The molecule has 0 atom stereocenters. The van der Waals surface area contributed by atoms with Crippen LogP contribution in [-0.2, 0) is 11.2 Å². The van der Waals surface area contributed by atoms with Crippen LogP contribution in [0.3, 0.4) is 0 Å². The lowest BCUT2D eigenvalue weighted by atomic mass is 10.1. The molecule has 0 saturated heterocycles. The molecule has 0 radical (unpaired) electrons. The second-order valence-corrected chi connectivity index (χ2v) is 5.81. The Morgan fingerprint density at radius 3 is 2.71 bits per heavy atom. The molecule has 5 nitrogen and oxygen atoms in total. The highest BCUT2D eigenvalue weighted by molar-refractivity contribution is 6.34. The first-order valence-electron chi connectivity index (χ1n) is 7.67. The summed E-state index contributed by atoms with van der Waals surface area (Å²) in [5, 5.41) is 3.23. The SMILES string of the molecule is COc1cccc(CC(=O)Nc2cc3c(cc2Cl)OCCCO3)c1. The molecule has 2 aromatic carbocycles. The first kappa shape index (κ1) is 16.5. The summed E-state index contributed by atoms with van der Waals surface area (Å²) in [5.41, 5.74) is 1.37. The fourth-order valence-electron chi connectivity index (χ4n) is 2.44. The smallest absolute Gasteiger partial charge is 0.228 e. The Labute approximate surface area is 145 Å². The van der Waals surface area contributed by atoms with Crippen LogP contribution in [0.2, 0.25) is 5.02 Å². The van der Waals surface area contributed by atoms with Crippen molar-refractivity contribution in [3.63, 3.8) is 0 Å². The number of fused-ring (bicyclic) bond motifs is 1. The Bertz CT molecular complexity index is 748. The van der Waals surface area contributed by atoms with Crippen molar-refractivity contribution in [1.29, 1.82) is 0 Å². The molecule has 2 aromatic rings. The molecule has 1 aliphatic rings. The monoisotopic (exact) mass is 347 g/mol. The van der Waals surface area contributed by atoms with Gasteiger partial charge in [-0.15, -0.1) is 0 Å². The summed E-state index contributed by atoms with van der Waals surface area (Å²) in [7, 11) is 1.59. The molecule has 1 amide bonds. The number of methoxy groups -OCH3 is 1. The number of ether oxygens (including phenoxy) is 3. The molecule has 0 unspecified atom stereocenters. The van der Waals surface area contributed by atoms with E-state index >= 15 is 0 Å². The van der Waals surface area contributed by atoms with E-state index in [9.17, 15) is 4.79 Å². The highest BCUT2D eigenvalue weighted by Crippen LogP contribution is 2.37. The molecular weight excluding hydrogens is 330 g/mol. The van der Waals surface area contributed by atoms with Crippen molar-refractivity contribution in [2.75, 3.05) is 25.6 Å². The first-order chi connectivity index (χ1) is 11.7. The van der Waals surface area contributed by atoms with Crippen LogP contribution in [0.1, 0.15) is 12.0 Å². The molecule has 0 fully saturated rings. The van der Waals surface area contributed by atoms with Crippen LogP contribution in [0.4, 0.5) is 5.69 Å². The molecule has 0 saturated carbocycles. The minimum absolute atomic E-state index is 0.167. The van der Waals surface area contributed by atoms with Gasteiger partial charge in [0.15, 0.2) is 11.5 Å². The van der Waals surface area contributed by atoms with Crippen molar-refractivity contribution >= 4 is 23.2 Å². The molecule has 0 spiro atoms. The van der Waals surface area contributed by atoms with E-state index in [1.54, 1.807) is 19.2 Å². The number of anilines is 1. The number of benzene rings is 2. The van der Waals surface area contributed by atoms with E-state index in [2.05, 4.69) is 5.32 Å². The van der Waals surface area contributed by atoms with Crippen LogP contribution in [0.15, 0.2) is 36.4 Å². The maximum atomic E-state index is 12.3. The minimum atomic E-state index is -0.167. The Kier molecular flexibility index (Phi) is 5.11. The van der Waals surface area contributed by atoms with Crippen molar-refractivity contribution in [1.82, 2.24) is 0 Å². The van der Waals surface area contributed by atoms with Crippen molar-refractivity contribution in [2.24, 2.45) is 0 Å². The van der Waals surface area contributed by atoms with Gasteiger partial charge in [-0.3, -0.25) is 4.79 Å². The molecule has 1 aliphatic heterocycles. The number of carbonyl (C=O) groups is 1. The van der Waals surface area contributed by atoms with E-state index in [1.165, 1.54) is 0 Å². The molecule has 6 heteroatoms. The number of hydrogen-bond donors (Lipinski definition) is 1. The van der Waals surface area contributed by atoms with Gasteiger partial charge in [0.05, 0.1) is 37.5 Å². The summed E-state index contributed by atoms with van der Waals surface area (Å²) < 4.78 is 16.4. The van der Waals surface area contributed by atoms with Gasteiger partial charge in [0, 0.05) is 18.6 Å². The summed E-state index contributed by atoms with van der Waals surface area (Å²) in [4.78, 5) is 12.3. The average molecular weight is 348 g/mol. The van der Waals surface area contributed by atoms with Crippen molar-refractivity contribution < 1.29 is 19.0 Å². The van der Waals surface area contributed by atoms with Crippen LogP contribution in [0.25, 0.3) is 0 Å². The number of nitrogens with one attached hydrogen (secondary N) is 1. The standard InChI is InChI=1S/C18H18ClNO4/c1-22-13-5-2-4-12(8-13)9-18(21)20-15-11-17-16(10-14(15)19)23-6-3-7-24-17/h2,4-5,8,10-11H,3,6-7,9H2,1H3,(H,20,21). The predicted molar refractivity (Wildman–Crippen MR) is 92.4 cm³/mol. The van der Waals surface area contributed by atoms with Gasteiger partial charge in [0.25, 0.3) is 0 Å². The molecule has 0 aromatic heterocycles. The lowest BCUT2D eigenvalue weighted by Crippen LogP contribution is -2.15. The van der Waals surface area contributed by atoms with E-state index in [-0.39, 0.29) is 12.3 Å². The largest absolute Gasteiger partial charge is 0.497 e. The molecule has 1 N–H and O–H groups in total. The lowest BCUT2D eigenvalue weighted by molar-refractivity contribution is -0.115. The molecule has 3 rings (SSSR count). The second-order valence-electron chi connectivity index (χ2n) is 5.41. The van der Waals surface area contributed by atoms with Crippen LogP contribution in [0, 0.1) is 0 Å². The van der Waals surface area contributed by atoms with Gasteiger partial charge in [-0.2, -0.15) is 0 Å². The molecule has 1 heterocycles. The predicted octanol–water partition coefficient (Wildman–Crippen LogP) is 3.69. The summed E-state index contributed by atoms with van der Waals surface area (Å²) >= 11 is 6.24. The van der Waals surface area contributed by atoms with Crippen LogP contribution in [0.5, 0.6) is 17.2 Å². The number of hydrogen-bond acceptors (Lipinski definition) is 4. The number of carbonyl (C=O) groups excluding carboxylic acids is 1. The summed E-state index contributed by atoms with van der Waals surface area (Å²) in [5.74, 6) is 1.74. The summed E-state index contributed by atoms with van der Waals surface area (Å²) in [6, 6.07) is 10.8. The highest BCUT2D eigenvalue weighted by atomic mass is 35.5. The molecule has 126 valence electrons. The lowest BCUT2D eigenvalue weighted by Gasteiger charge is -2.12. The maximum Gasteiger partial charge on any atom is 0.228 e. The fraction of sp³-hybridized carbons (Fsp3) is 0.278. The van der Waals surface area contributed by atoms with Gasteiger partial charge >= 0.3 is 0 Å². The van der Waals surface area contributed by atoms with Crippen LogP contribution < -0.4 is 19.5 Å². The van der Waals surface area contributed by atoms with E-state index < -0.39 is 0 Å². The fourth-order valence-corrected chi connectivity index (χ4v) is 2.64.